The molecule has 0 bridgehead atoms. The summed E-state index contributed by atoms with van der Waals surface area (Å²) in [6.45, 7) is 0.526. The van der Waals surface area contributed by atoms with E-state index in [9.17, 15) is 4.39 Å². The lowest BCUT2D eigenvalue weighted by atomic mass is 10.1. The second-order valence-electron chi connectivity index (χ2n) is 4.33. The van der Waals surface area contributed by atoms with Gasteiger partial charge in [-0.1, -0.05) is 24.3 Å². The Kier molecular flexibility index (Phi) is 3.54. The van der Waals surface area contributed by atoms with Gasteiger partial charge in [0, 0.05) is 29.2 Å². The Bertz CT molecular complexity index is 722. The van der Waals surface area contributed by atoms with Crippen LogP contribution in [0.1, 0.15) is 5.56 Å². The maximum absolute atomic E-state index is 13.2. The monoisotopic (exact) mass is 285 g/mol. The minimum Gasteiger partial charge on any atom is -0.326 e. The zero-order chi connectivity index (χ0) is 13.9. The number of pyridine rings is 1. The first-order valence-electron chi connectivity index (χ1n) is 6.12. The van der Waals surface area contributed by atoms with Crippen molar-refractivity contribution in [3.05, 3.63) is 59.5 Å². The lowest BCUT2D eigenvalue weighted by Gasteiger charge is -1.99. The lowest BCUT2D eigenvalue weighted by Crippen LogP contribution is -1.95. The van der Waals surface area contributed by atoms with Crippen LogP contribution < -0.4 is 5.73 Å². The highest BCUT2D eigenvalue weighted by Gasteiger charge is 2.07. The Hall–Kier alpha value is -2.11. The molecule has 0 aliphatic heterocycles. The molecule has 2 aromatic heterocycles. The first-order valence-corrected chi connectivity index (χ1v) is 7.00. The third-order valence-corrected chi connectivity index (χ3v) is 3.83. The predicted molar refractivity (Wildman–Crippen MR) is 78.6 cm³/mol. The first kappa shape index (κ1) is 12.9. The van der Waals surface area contributed by atoms with Crippen LogP contribution in [-0.2, 0) is 6.54 Å². The lowest BCUT2D eigenvalue weighted by molar-refractivity contribution is 0.622. The van der Waals surface area contributed by atoms with Crippen molar-refractivity contribution >= 4 is 11.3 Å². The number of aromatic nitrogens is 2. The van der Waals surface area contributed by atoms with Gasteiger partial charge in [0.25, 0.3) is 0 Å². The molecule has 2 N–H and O–H groups in total. The van der Waals surface area contributed by atoms with Crippen molar-refractivity contribution in [1.82, 2.24) is 9.97 Å². The van der Waals surface area contributed by atoms with Crippen LogP contribution in [0.25, 0.3) is 21.8 Å². The number of rotatable bonds is 3. The van der Waals surface area contributed by atoms with Gasteiger partial charge in [-0.05, 0) is 11.6 Å². The SMILES string of the molecule is NCc1ccc(-c2nc(-c3cncc(F)c3)cs2)cc1. The molecule has 3 nitrogen and oxygen atoms in total. The molecule has 3 aromatic rings. The molecule has 2 heterocycles. The summed E-state index contributed by atoms with van der Waals surface area (Å²) in [5.74, 6) is -0.357. The Balaban J connectivity index is 1.93. The number of nitrogens with two attached hydrogens (primary N) is 1. The van der Waals surface area contributed by atoms with Gasteiger partial charge in [-0.25, -0.2) is 9.37 Å². The van der Waals surface area contributed by atoms with Crippen LogP contribution in [0.15, 0.2) is 48.1 Å². The largest absolute Gasteiger partial charge is 0.326 e. The van der Waals surface area contributed by atoms with E-state index in [2.05, 4.69) is 9.97 Å². The zero-order valence-electron chi connectivity index (χ0n) is 10.6. The van der Waals surface area contributed by atoms with E-state index in [1.54, 1.807) is 6.20 Å². The molecular weight excluding hydrogens is 273 g/mol. The van der Waals surface area contributed by atoms with Gasteiger partial charge in [0.15, 0.2) is 0 Å². The van der Waals surface area contributed by atoms with Crippen molar-refractivity contribution in [1.29, 1.82) is 0 Å². The molecule has 3 rings (SSSR count). The van der Waals surface area contributed by atoms with Gasteiger partial charge in [-0.3, -0.25) is 4.98 Å². The number of thiazole rings is 1. The molecule has 0 saturated carbocycles. The van der Waals surface area contributed by atoms with Crippen molar-refractivity contribution < 1.29 is 4.39 Å². The van der Waals surface area contributed by atoms with Gasteiger partial charge >= 0.3 is 0 Å². The fourth-order valence-corrected chi connectivity index (χ4v) is 2.71. The van der Waals surface area contributed by atoms with E-state index in [-0.39, 0.29) is 5.82 Å². The van der Waals surface area contributed by atoms with Crippen molar-refractivity contribution in [3.8, 4) is 21.8 Å². The Morgan fingerprint density at radius 1 is 1.10 bits per heavy atom. The molecular formula is C15H12FN3S. The van der Waals surface area contributed by atoms with Crippen LogP contribution >= 0.6 is 11.3 Å². The molecule has 0 fully saturated rings. The van der Waals surface area contributed by atoms with E-state index in [0.29, 0.717) is 12.1 Å². The van der Waals surface area contributed by atoms with Crippen LogP contribution in [0.5, 0.6) is 0 Å². The molecule has 5 heteroatoms. The number of benzene rings is 1. The van der Waals surface area contributed by atoms with Gasteiger partial charge in [0.05, 0.1) is 11.9 Å². The normalized spacial score (nSPS) is 10.7. The quantitative estimate of drug-likeness (QED) is 0.801. The van der Waals surface area contributed by atoms with Gasteiger partial charge in [-0.2, -0.15) is 0 Å². The highest BCUT2D eigenvalue weighted by Crippen LogP contribution is 2.28. The highest BCUT2D eigenvalue weighted by atomic mass is 32.1. The average Bonchev–Trinajstić information content (AvgIpc) is 2.97. The second-order valence-corrected chi connectivity index (χ2v) is 5.19. The van der Waals surface area contributed by atoms with E-state index in [4.69, 9.17) is 5.73 Å². The minimum absolute atomic E-state index is 0.357. The fourth-order valence-electron chi connectivity index (χ4n) is 1.87. The summed E-state index contributed by atoms with van der Waals surface area (Å²) in [6, 6.07) is 9.40. The summed E-state index contributed by atoms with van der Waals surface area (Å²) in [6.07, 6.45) is 2.79. The summed E-state index contributed by atoms with van der Waals surface area (Å²) in [5, 5.41) is 2.80. The van der Waals surface area contributed by atoms with Gasteiger partial charge in [-0.15, -0.1) is 11.3 Å². The van der Waals surface area contributed by atoms with Crippen LogP contribution in [0.4, 0.5) is 4.39 Å². The smallest absolute Gasteiger partial charge is 0.142 e. The van der Waals surface area contributed by atoms with Gasteiger partial charge in [0.2, 0.25) is 0 Å². The number of hydrogen-bond donors (Lipinski definition) is 1. The van der Waals surface area contributed by atoms with Crippen molar-refractivity contribution in [3.63, 3.8) is 0 Å². The van der Waals surface area contributed by atoms with Gasteiger partial charge < -0.3 is 5.73 Å². The van der Waals surface area contributed by atoms with Crippen LogP contribution in [0.2, 0.25) is 0 Å². The molecule has 0 spiro atoms. The molecule has 0 unspecified atom stereocenters. The summed E-state index contributed by atoms with van der Waals surface area (Å²) < 4.78 is 13.2. The first-order chi connectivity index (χ1) is 9.76. The highest BCUT2D eigenvalue weighted by molar-refractivity contribution is 7.13. The van der Waals surface area contributed by atoms with Crippen LogP contribution in [-0.4, -0.2) is 9.97 Å². The summed E-state index contributed by atoms with van der Waals surface area (Å²) in [4.78, 5) is 8.37. The summed E-state index contributed by atoms with van der Waals surface area (Å²) in [5.41, 5.74) is 9.11. The maximum atomic E-state index is 13.2. The number of hydrogen-bond acceptors (Lipinski definition) is 4. The Morgan fingerprint density at radius 3 is 2.60 bits per heavy atom. The number of halogens is 1. The average molecular weight is 285 g/mol. The molecule has 0 radical (unpaired) electrons. The fraction of sp³-hybridized carbons (Fsp3) is 0.0667. The van der Waals surface area contributed by atoms with Crippen LogP contribution in [0, 0.1) is 5.82 Å². The van der Waals surface area contributed by atoms with E-state index in [1.165, 1.54) is 23.6 Å². The topological polar surface area (TPSA) is 51.8 Å². The van der Waals surface area contributed by atoms with Crippen molar-refractivity contribution in [2.75, 3.05) is 0 Å². The maximum Gasteiger partial charge on any atom is 0.142 e. The minimum atomic E-state index is -0.357. The molecule has 20 heavy (non-hydrogen) atoms. The van der Waals surface area contributed by atoms with E-state index in [1.807, 2.05) is 29.6 Å². The molecule has 100 valence electrons. The second kappa shape index (κ2) is 5.48. The zero-order valence-corrected chi connectivity index (χ0v) is 11.4. The van der Waals surface area contributed by atoms with E-state index < -0.39 is 0 Å². The molecule has 0 aliphatic carbocycles. The summed E-state index contributed by atoms with van der Waals surface area (Å²) in [7, 11) is 0. The molecule has 0 aliphatic rings. The molecule has 0 amide bonds. The standard InChI is InChI=1S/C15H12FN3S/c16-13-5-12(7-18-8-13)14-9-20-15(19-14)11-3-1-10(6-17)2-4-11/h1-5,7-9H,6,17H2. The van der Waals surface area contributed by atoms with E-state index >= 15 is 0 Å². The molecule has 1 aromatic carbocycles. The van der Waals surface area contributed by atoms with Crippen molar-refractivity contribution in [2.24, 2.45) is 5.73 Å². The third kappa shape index (κ3) is 2.59. The number of nitrogens with zero attached hydrogens (tertiary/aromatic N) is 2. The van der Waals surface area contributed by atoms with Crippen molar-refractivity contribution in [2.45, 2.75) is 6.54 Å². The van der Waals surface area contributed by atoms with E-state index in [0.717, 1.165) is 21.8 Å². The Labute approximate surface area is 119 Å². The van der Waals surface area contributed by atoms with Crippen LogP contribution in [0.3, 0.4) is 0 Å². The van der Waals surface area contributed by atoms with Gasteiger partial charge in [0.1, 0.15) is 10.8 Å². The summed E-state index contributed by atoms with van der Waals surface area (Å²) >= 11 is 1.52. The molecule has 0 saturated heterocycles. The third-order valence-electron chi connectivity index (χ3n) is 2.94. The Morgan fingerprint density at radius 2 is 1.90 bits per heavy atom. The molecule has 0 atom stereocenters. The predicted octanol–water partition coefficient (Wildman–Crippen LogP) is 3.47.